The van der Waals surface area contributed by atoms with E-state index in [1.54, 1.807) is 24.6 Å². The number of unbranched alkanes of at least 4 members (excludes halogenated alkanes) is 4. The Bertz CT molecular complexity index is 562. The van der Waals surface area contributed by atoms with Crippen LogP contribution in [0.3, 0.4) is 0 Å². The molecule has 0 amide bonds. The van der Waals surface area contributed by atoms with E-state index in [0.717, 1.165) is 24.3 Å². The Morgan fingerprint density at radius 3 is 1.32 bits per heavy atom. The quantitative estimate of drug-likeness (QED) is 0.285. The van der Waals surface area contributed by atoms with Crippen molar-refractivity contribution < 1.29 is 18.1 Å². The highest BCUT2D eigenvalue weighted by Gasteiger charge is 2.34. The Morgan fingerprint density at radius 2 is 1.07 bits per heavy atom. The lowest BCUT2D eigenvalue weighted by atomic mass is 10.3. The van der Waals surface area contributed by atoms with Gasteiger partial charge in [-0.1, -0.05) is 53.4 Å². The fourth-order valence-electron chi connectivity index (χ4n) is 3.26. The van der Waals surface area contributed by atoms with Gasteiger partial charge in [0.1, 0.15) is 15.9 Å². The van der Waals surface area contributed by atoms with E-state index >= 15 is 0 Å². The van der Waals surface area contributed by atoms with Crippen molar-refractivity contribution in [3.05, 3.63) is 24.3 Å². The van der Waals surface area contributed by atoms with Crippen molar-refractivity contribution in [1.82, 2.24) is 0 Å². The second-order valence-electron chi connectivity index (χ2n) is 7.60. The summed E-state index contributed by atoms with van der Waals surface area (Å²) in [7, 11) is -4.94. The highest BCUT2D eigenvalue weighted by atomic mass is 32.2. The van der Waals surface area contributed by atoms with Crippen LogP contribution < -0.4 is 0 Å². The Hall–Kier alpha value is -0.640. The summed E-state index contributed by atoms with van der Waals surface area (Å²) in [6.07, 6.45) is 17.9. The molecular weight excluding hydrogens is 391 g/mol. The van der Waals surface area contributed by atoms with Crippen LogP contribution in [0.1, 0.15) is 79.1 Å². The molecule has 6 heteroatoms. The van der Waals surface area contributed by atoms with Gasteiger partial charge in [0.05, 0.1) is 29.5 Å². The molecule has 1 aromatic rings. The summed E-state index contributed by atoms with van der Waals surface area (Å²) < 4.78 is 30.9. The molecule has 28 heavy (non-hydrogen) atoms. The lowest BCUT2D eigenvalue weighted by molar-refractivity contribution is 0.461. The molecule has 0 saturated heterocycles. The van der Waals surface area contributed by atoms with Crippen molar-refractivity contribution in [3.63, 3.8) is 0 Å². The van der Waals surface area contributed by atoms with Crippen molar-refractivity contribution in [2.45, 2.75) is 84.0 Å². The van der Waals surface area contributed by atoms with Crippen LogP contribution in [0, 0.1) is 0 Å². The van der Waals surface area contributed by atoms with Crippen LogP contribution in [0.25, 0.3) is 0 Å². The van der Waals surface area contributed by atoms with Crippen molar-refractivity contribution in [2.24, 2.45) is 0 Å². The maximum absolute atomic E-state index is 10.3. The zero-order valence-corrected chi connectivity index (χ0v) is 20.0. The minimum Gasteiger partial charge on any atom is -0.744 e. The molecule has 0 spiro atoms. The molecule has 0 aliphatic rings. The molecule has 0 atom stereocenters. The number of phenolic OH excluding ortho intramolecular Hbond substituents is 1. The standard InChI is InChI=1S/C16H36P.C6H6O4S/c1-5-9-13-17(14-10-6-2,15-11-7-3)16-12-8-4;7-5-1-3-6(4-2-5)11(8,9)10/h5-16H2,1-4H3;1-4,7H,(H,8,9,10)/q+1;/p-1. The predicted octanol–water partition coefficient (Wildman–Crippen LogP) is 6.50. The average Bonchev–Trinajstić information content (AvgIpc) is 2.67. The number of hydrogen-bond acceptors (Lipinski definition) is 4. The lowest BCUT2D eigenvalue weighted by Crippen LogP contribution is -2.12. The molecular formula is C22H41O4PS. The van der Waals surface area contributed by atoms with Gasteiger partial charge in [0, 0.05) is 7.26 Å². The first-order chi connectivity index (χ1) is 13.2. The monoisotopic (exact) mass is 432 g/mol. The van der Waals surface area contributed by atoms with Crippen LogP contribution in [0.4, 0.5) is 0 Å². The first kappa shape index (κ1) is 27.4. The predicted molar refractivity (Wildman–Crippen MR) is 122 cm³/mol. The van der Waals surface area contributed by atoms with Gasteiger partial charge in [0.15, 0.2) is 0 Å². The molecule has 0 aromatic heterocycles. The van der Waals surface area contributed by atoms with Crippen LogP contribution >= 0.6 is 7.26 Å². The normalized spacial score (nSPS) is 11.8. The average molecular weight is 433 g/mol. The lowest BCUT2D eigenvalue weighted by Gasteiger charge is -2.28. The molecule has 0 saturated carbocycles. The van der Waals surface area contributed by atoms with Gasteiger partial charge in [0.25, 0.3) is 0 Å². The minimum atomic E-state index is -4.38. The van der Waals surface area contributed by atoms with Crippen molar-refractivity contribution >= 4 is 17.4 Å². The third-order valence-electron chi connectivity index (χ3n) is 5.07. The van der Waals surface area contributed by atoms with Gasteiger partial charge in [-0.2, -0.15) is 0 Å². The molecule has 0 aliphatic carbocycles. The van der Waals surface area contributed by atoms with Crippen molar-refractivity contribution in [2.75, 3.05) is 24.6 Å². The SMILES string of the molecule is CCCC[P+](CCCC)(CCCC)CCCC.O=S(=O)([O-])c1ccc(O)cc1. The van der Waals surface area contributed by atoms with Gasteiger partial charge in [-0.05, 0) is 49.9 Å². The first-order valence-corrected chi connectivity index (χ1v) is 14.8. The number of benzene rings is 1. The summed E-state index contributed by atoms with van der Waals surface area (Å²) in [4.78, 5) is -0.338. The van der Waals surface area contributed by atoms with E-state index in [1.165, 1.54) is 51.4 Å². The molecule has 0 radical (unpaired) electrons. The Labute approximate surface area is 174 Å². The molecule has 1 rings (SSSR count). The molecule has 0 heterocycles. The Kier molecular flexibility index (Phi) is 14.9. The number of phenols is 1. The zero-order valence-electron chi connectivity index (χ0n) is 18.3. The van der Waals surface area contributed by atoms with E-state index in [1.807, 2.05) is 0 Å². The fourth-order valence-corrected chi connectivity index (χ4v) is 9.02. The van der Waals surface area contributed by atoms with Gasteiger partial charge in [-0.15, -0.1) is 0 Å². The Morgan fingerprint density at radius 1 is 0.750 bits per heavy atom. The van der Waals surface area contributed by atoms with Crippen LogP contribution in [0.15, 0.2) is 29.2 Å². The fraction of sp³-hybridized carbons (Fsp3) is 0.727. The van der Waals surface area contributed by atoms with Gasteiger partial charge in [0.2, 0.25) is 0 Å². The summed E-state index contributed by atoms with van der Waals surface area (Å²) in [5.74, 6) is -0.0719. The third kappa shape index (κ3) is 12.0. The highest BCUT2D eigenvalue weighted by molar-refractivity contribution is 7.85. The van der Waals surface area contributed by atoms with Crippen LogP contribution in [0.5, 0.6) is 5.75 Å². The molecule has 164 valence electrons. The second kappa shape index (κ2) is 15.2. The first-order valence-electron chi connectivity index (χ1n) is 10.8. The molecule has 0 aliphatic heterocycles. The molecule has 0 unspecified atom stereocenters. The molecule has 1 aromatic carbocycles. The van der Waals surface area contributed by atoms with Gasteiger partial charge < -0.3 is 9.66 Å². The van der Waals surface area contributed by atoms with Crippen molar-refractivity contribution in [3.8, 4) is 5.75 Å². The number of hydrogen-bond donors (Lipinski definition) is 1. The van der Waals surface area contributed by atoms with Crippen LogP contribution in [-0.2, 0) is 10.1 Å². The highest BCUT2D eigenvalue weighted by Crippen LogP contribution is 2.61. The smallest absolute Gasteiger partial charge is 0.124 e. The van der Waals surface area contributed by atoms with E-state index in [4.69, 9.17) is 5.11 Å². The zero-order chi connectivity index (χ0) is 21.5. The molecule has 4 nitrogen and oxygen atoms in total. The maximum atomic E-state index is 10.3. The summed E-state index contributed by atoms with van der Waals surface area (Å²) in [5, 5.41) is 8.73. The molecule has 0 fully saturated rings. The van der Waals surface area contributed by atoms with E-state index < -0.39 is 17.4 Å². The van der Waals surface area contributed by atoms with E-state index in [2.05, 4.69) is 27.7 Å². The minimum absolute atomic E-state index is 0.0719. The van der Waals surface area contributed by atoms with E-state index in [9.17, 15) is 13.0 Å². The van der Waals surface area contributed by atoms with Gasteiger partial charge in [-0.25, -0.2) is 8.42 Å². The Balaban J connectivity index is 0.000000567. The van der Waals surface area contributed by atoms with Crippen LogP contribution in [-0.4, -0.2) is 42.7 Å². The number of aromatic hydroxyl groups is 1. The van der Waals surface area contributed by atoms with E-state index in [0.29, 0.717) is 0 Å². The van der Waals surface area contributed by atoms with E-state index in [-0.39, 0.29) is 10.6 Å². The summed E-state index contributed by atoms with van der Waals surface area (Å²) in [6, 6.07) is 4.39. The summed E-state index contributed by atoms with van der Waals surface area (Å²) >= 11 is 0. The van der Waals surface area contributed by atoms with Gasteiger partial charge >= 0.3 is 0 Å². The van der Waals surface area contributed by atoms with Gasteiger partial charge in [-0.3, -0.25) is 0 Å². The molecule has 0 bridgehead atoms. The maximum Gasteiger partial charge on any atom is 0.124 e. The summed E-state index contributed by atoms with van der Waals surface area (Å²) in [6.45, 7) is 9.42. The third-order valence-corrected chi connectivity index (χ3v) is 11.0. The number of rotatable bonds is 13. The van der Waals surface area contributed by atoms with Crippen LogP contribution in [0.2, 0.25) is 0 Å². The molecule has 1 N–H and O–H groups in total. The topological polar surface area (TPSA) is 77.4 Å². The summed E-state index contributed by atoms with van der Waals surface area (Å²) in [5.41, 5.74) is 0. The second-order valence-corrected chi connectivity index (χ2v) is 13.5. The van der Waals surface area contributed by atoms with Crippen molar-refractivity contribution in [1.29, 1.82) is 0 Å². The largest absolute Gasteiger partial charge is 0.744 e.